The Morgan fingerprint density at radius 1 is 1.30 bits per heavy atom. The Balaban J connectivity index is 1.93. The van der Waals surface area contributed by atoms with Crippen molar-refractivity contribution in [3.63, 3.8) is 0 Å². The molecule has 1 heterocycles. The zero-order valence-corrected chi connectivity index (χ0v) is 13.1. The van der Waals surface area contributed by atoms with Crippen LogP contribution >= 0.6 is 23.1 Å². The summed E-state index contributed by atoms with van der Waals surface area (Å²) in [7, 11) is 1.79. The maximum absolute atomic E-state index is 12.1. The highest BCUT2D eigenvalue weighted by Gasteiger charge is 2.17. The Kier molecular flexibility index (Phi) is 4.97. The summed E-state index contributed by atoms with van der Waals surface area (Å²) in [4.78, 5) is 12.1. The van der Waals surface area contributed by atoms with E-state index < -0.39 is 0 Å². The van der Waals surface area contributed by atoms with Gasteiger partial charge in [-0.1, -0.05) is 40.8 Å². The molecule has 106 valence electrons. The second-order valence-electron chi connectivity index (χ2n) is 4.24. The molecule has 0 saturated heterocycles. The number of benzene rings is 1. The summed E-state index contributed by atoms with van der Waals surface area (Å²) in [6, 6.07) is 7.73. The van der Waals surface area contributed by atoms with Crippen LogP contribution in [0.1, 0.15) is 12.5 Å². The van der Waals surface area contributed by atoms with Crippen molar-refractivity contribution >= 4 is 39.8 Å². The number of anilines is 2. The van der Waals surface area contributed by atoms with Gasteiger partial charge in [0.15, 0.2) is 4.34 Å². The third-order valence-corrected chi connectivity index (χ3v) is 4.71. The van der Waals surface area contributed by atoms with Crippen molar-refractivity contribution in [2.24, 2.45) is 0 Å². The van der Waals surface area contributed by atoms with Crippen LogP contribution in [0.3, 0.4) is 0 Å². The quantitative estimate of drug-likeness (QED) is 0.831. The summed E-state index contributed by atoms with van der Waals surface area (Å²) in [5.74, 6) is -0.0416. The van der Waals surface area contributed by atoms with Gasteiger partial charge in [-0.2, -0.15) is 0 Å². The van der Waals surface area contributed by atoms with E-state index in [-0.39, 0.29) is 11.2 Å². The van der Waals surface area contributed by atoms with Crippen LogP contribution in [-0.4, -0.2) is 28.4 Å². The molecule has 0 aliphatic carbocycles. The molecule has 5 nitrogen and oxygen atoms in total. The molecule has 0 bridgehead atoms. The van der Waals surface area contributed by atoms with E-state index in [0.29, 0.717) is 0 Å². The van der Waals surface area contributed by atoms with Crippen LogP contribution in [0.5, 0.6) is 0 Å². The molecular weight excluding hydrogens is 292 g/mol. The van der Waals surface area contributed by atoms with Crippen LogP contribution in [0.2, 0.25) is 0 Å². The van der Waals surface area contributed by atoms with Gasteiger partial charge in [0.05, 0.1) is 5.25 Å². The van der Waals surface area contributed by atoms with Crippen LogP contribution in [0.4, 0.5) is 10.8 Å². The molecule has 1 aromatic heterocycles. The largest absolute Gasteiger partial charge is 0.363 e. The first-order valence-corrected chi connectivity index (χ1v) is 7.83. The molecule has 20 heavy (non-hydrogen) atoms. The number of nitrogens with one attached hydrogen (secondary N) is 2. The van der Waals surface area contributed by atoms with E-state index in [4.69, 9.17) is 0 Å². The van der Waals surface area contributed by atoms with Gasteiger partial charge in [0.25, 0.3) is 0 Å². The molecule has 0 aliphatic heterocycles. The van der Waals surface area contributed by atoms with Crippen molar-refractivity contribution < 1.29 is 4.79 Å². The minimum Gasteiger partial charge on any atom is -0.363 e. The molecule has 7 heteroatoms. The number of carbonyl (C=O) groups excluding carboxylic acids is 1. The predicted octanol–water partition coefficient (Wildman–Crippen LogP) is 3.01. The molecule has 1 amide bonds. The summed E-state index contributed by atoms with van der Waals surface area (Å²) in [6.07, 6.45) is 0. The van der Waals surface area contributed by atoms with E-state index in [2.05, 4.69) is 20.8 Å². The van der Waals surface area contributed by atoms with Gasteiger partial charge in [0.1, 0.15) is 0 Å². The number of hydrogen-bond acceptors (Lipinski definition) is 6. The molecule has 0 radical (unpaired) electrons. The van der Waals surface area contributed by atoms with E-state index in [1.165, 1.54) is 28.7 Å². The number of nitrogens with zero attached hydrogens (tertiary/aromatic N) is 2. The third-order valence-electron chi connectivity index (χ3n) is 2.59. The van der Waals surface area contributed by atoms with Gasteiger partial charge in [0.2, 0.25) is 11.0 Å². The average molecular weight is 308 g/mol. The molecule has 0 spiro atoms. The molecule has 0 unspecified atom stereocenters. The Morgan fingerprint density at radius 3 is 2.60 bits per heavy atom. The maximum Gasteiger partial charge on any atom is 0.237 e. The van der Waals surface area contributed by atoms with Crippen LogP contribution in [0.25, 0.3) is 0 Å². The number of thioether (sulfide) groups is 1. The van der Waals surface area contributed by atoms with E-state index in [9.17, 15) is 4.79 Å². The predicted molar refractivity (Wildman–Crippen MR) is 84.6 cm³/mol. The topological polar surface area (TPSA) is 66.9 Å². The van der Waals surface area contributed by atoms with Gasteiger partial charge in [0, 0.05) is 12.7 Å². The minimum absolute atomic E-state index is 0.0416. The van der Waals surface area contributed by atoms with Gasteiger partial charge < -0.3 is 10.6 Å². The Bertz CT molecular complexity index is 582. The highest BCUT2D eigenvalue weighted by Crippen LogP contribution is 2.29. The fourth-order valence-corrected chi connectivity index (χ4v) is 3.29. The number of amides is 1. The van der Waals surface area contributed by atoms with Gasteiger partial charge in [-0.3, -0.25) is 4.79 Å². The molecular formula is C13H16N4OS2. The fourth-order valence-electron chi connectivity index (χ4n) is 1.44. The van der Waals surface area contributed by atoms with Crippen LogP contribution < -0.4 is 10.6 Å². The highest BCUT2D eigenvalue weighted by molar-refractivity contribution is 8.02. The fraction of sp³-hybridized carbons (Fsp3) is 0.308. The van der Waals surface area contributed by atoms with Gasteiger partial charge in [-0.15, -0.1) is 10.2 Å². The summed E-state index contributed by atoms with van der Waals surface area (Å²) < 4.78 is 0.779. The van der Waals surface area contributed by atoms with Crippen LogP contribution in [0.15, 0.2) is 28.6 Å². The van der Waals surface area contributed by atoms with Gasteiger partial charge in [-0.05, 0) is 26.0 Å². The zero-order chi connectivity index (χ0) is 14.5. The van der Waals surface area contributed by atoms with Crippen molar-refractivity contribution in [1.29, 1.82) is 0 Å². The second-order valence-corrected chi connectivity index (χ2v) is 6.80. The van der Waals surface area contributed by atoms with Crippen molar-refractivity contribution in [3.05, 3.63) is 29.8 Å². The highest BCUT2D eigenvalue weighted by atomic mass is 32.2. The maximum atomic E-state index is 12.1. The van der Waals surface area contributed by atoms with Crippen LogP contribution in [0, 0.1) is 6.92 Å². The monoisotopic (exact) mass is 308 g/mol. The zero-order valence-electron chi connectivity index (χ0n) is 11.5. The lowest BCUT2D eigenvalue weighted by molar-refractivity contribution is -0.115. The summed E-state index contributed by atoms with van der Waals surface area (Å²) in [5, 5.41) is 14.3. The second kappa shape index (κ2) is 6.71. The third kappa shape index (κ3) is 3.94. The van der Waals surface area contributed by atoms with E-state index in [0.717, 1.165) is 15.2 Å². The number of rotatable bonds is 5. The smallest absolute Gasteiger partial charge is 0.237 e. The minimum atomic E-state index is -0.228. The van der Waals surface area contributed by atoms with Crippen molar-refractivity contribution in [3.8, 4) is 0 Å². The van der Waals surface area contributed by atoms with E-state index in [1.807, 2.05) is 38.1 Å². The molecule has 0 saturated carbocycles. The lowest BCUT2D eigenvalue weighted by Gasteiger charge is -2.10. The summed E-state index contributed by atoms with van der Waals surface area (Å²) >= 11 is 2.84. The normalized spacial score (nSPS) is 11.9. The van der Waals surface area contributed by atoms with Crippen molar-refractivity contribution in [1.82, 2.24) is 10.2 Å². The van der Waals surface area contributed by atoms with Crippen molar-refractivity contribution in [2.75, 3.05) is 17.7 Å². The van der Waals surface area contributed by atoms with E-state index in [1.54, 1.807) is 7.05 Å². The Morgan fingerprint density at radius 2 is 2.00 bits per heavy atom. The first kappa shape index (κ1) is 14.8. The SMILES string of the molecule is CNc1nnc(S[C@@H](C)C(=O)Nc2ccc(C)cc2)s1. The number of aryl methyl sites for hydroxylation is 1. The molecule has 2 N–H and O–H groups in total. The molecule has 1 aromatic carbocycles. The Hall–Kier alpha value is -1.60. The Labute approximate surface area is 126 Å². The lowest BCUT2D eigenvalue weighted by Crippen LogP contribution is -2.22. The lowest BCUT2D eigenvalue weighted by atomic mass is 10.2. The molecule has 2 rings (SSSR count). The average Bonchev–Trinajstić information content (AvgIpc) is 2.89. The summed E-state index contributed by atoms with van der Waals surface area (Å²) in [5.41, 5.74) is 1.97. The van der Waals surface area contributed by atoms with Gasteiger partial charge >= 0.3 is 0 Å². The molecule has 0 fully saturated rings. The number of hydrogen-bond donors (Lipinski definition) is 2. The van der Waals surface area contributed by atoms with Gasteiger partial charge in [-0.25, -0.2) is 0 Å². The number of carbonyl (C=O) groups is 1. The van der Waals surface area contributed by atoms with E-state index >= 15 is 0 Å². The number of aromatic nitrogens is 2. The van der Waals surface area contributed by atoms with Crippen molar-refractivity contribution in [2.45, 2.75) is 23.4 Å². The standard InChI is InChI=1S/C13H16N4OS2/c1-8-4-6-10(7-5-8)15-11(18)9(2)19-13-17-16-12(14-3)20-13/h4-7,9H,1-3H3,(H,14,16)(H,15,18)/t9-/m0/s1. The van der Waals surface area contributed by atoms with Crippen LogP contribution in [-0.2, 0) is 4.79 Å². The molecule has 2 aromatic rings. The first-order valence-electron chi connectivity index (χ1n) is 6.14. The molecule has 0 aliphatic rings. The first-order chi connectivity index (χ1) is 9.58. The summed E-state index contributed by atoms with van der Waals surface area (Å²) in [6.45, 7) is 3.87. The molecule has 1 atom stereocenters.